The molecule has 0 spiro atoms. The fraction of sp³-hybridized carbons (Fsp3) is 0. The normalized spacial score (nSPS) is 10.5. The summed E-state index contributed by atoms with van der Waals surface area (Å²) in [7, 11) is 0. The van der Waals surface area contributed by atoms with Crippen molar-refractivity contribution in [2.24, 2.45) is 0 Å². The van der Waals surface area contributed by atoms with E-state index in [4.69, 9.17) is 0 Å². The van der Waals surface area contributed by atoms with E-state index in [-0.39, 0.29) is 0 Å². The average Bonchev–Trinajstić information content (AvgIpc) is 2.74. The summed E-state index contributed by atoms with van der Waals surface area (Å²) in [6.45, 7) is 4.05. The lowest BCUT2D eigenvalue weighted by Gasteiger charge is -2.19. The smallest absolute Gasteiger partial charge is 0.00208 e. The molecule has 0 unspecified atom stereocenters. The van der Waals surface area contributed by atoms with Gasteiger partial charge in [-0.25, -0.2) is 0 Å². The van der Waals surface area contributed by atoms with Crippen LogP contribution in [0.5, 0.6) is 0 Å². The van der Waals surface area contributed by atoms with Crippen LogP contribution in [-0.4, -0.2) is 0 Å². The molecule has 0 radical (unpaired) electrons. The monoisotopic (exact) mass is 332 g/mol. The second-order valence-corrected chi connectivity index (χ2v) is 6.25. The summed E-state index contributed by atoms with van der Waals surface area (Å²) < 4.78 is 0. The molecule has 0 aliphatic rings. The topological polar surface area (TPSA) is 0 Å². The van der Waals surface area contributed by atoms with E-state index in [0.29, 0.717) is 0 Å². The van der Waals surface area contributed by atoms with Gasteiger partial charge in [0.05, 0.1) is 0 Å². The molecule has 4 rings (SSSR count). The van der Waals surface area contributed by atoms with Crippen molar-refractivity contribution >= 4 is 6.08 Å². The van der Waals surface area contributed by atoms with Crippen molar-refractivity contribution in [2.75, 3.05) is 0 Å². The van der Waals surface area contributed by atoms with Crippen LogP contribution in [0, 0.1) is 0 Å². The van der Waals surface area contributed by atoms with Crippen LogP contribution in [-0.2, 0) is 0 Å². The molecule has 0 amide bonds. The molecular weight excluding hydrogens is 312 g/mol. The van der Waals surface area contributed by atoms with Gasteiger partial charge in [0, 0.05) is 0 Å². The van der Waals surface area contributed by atoms with Crippen LogP contribution in [0.3, 0.4) is 0 Å². The van der Waals surface area contributed by atoms with Gasteiger partial charge >= 0.3 is 0 Å². The van der Waals surface area contributed by atoms with E-state index in [1.54, 1.807) is 0 Å². The Labute approximate surface area is 155 Å². The van der Waals surface area contributed by atoms with E-state index < -0.39 is 0 Å². The molecule has 4 aromatic carbocycles. The number of hydrogen-bond donors (Lipinski definition) is 0. The predicted molar refractivity (Wildman–Crippen MR) is 113 cm³/mol. The molecule has 0 fully saturated rings. The summed E-state index contributed by atoms with van der Waals surface area (Å²) >= 11 is 0. The highest BCUT2D eigenvalue weighted by molar-refractivity contribution is 5.98. The fourth-order valence-corrected chi connectivity index (χ4v) is 3.47. The Morgan fingerprint density at radius 3 is 1.42 bits per heavy atom. The Hall–Kier alpha value is -3.38. The van der Waals surface area contributed by atoms with Crippen LogP contribution >= 0.6 is 0 Å². The summed E-state index contributed by atoms with van der Waals surface area (Å²) in [5.41, 5.74) is 8.51. The molecule has 0 aliphatic carbocycles. The number of rotatable bonds is 4. The quantitative estimate of drug-likeness (QED) is 0.367. The molecule has 0 bridgehead atoms. The molecule has 0 atom stereocenters. The minimum absolute atomic E-state index is 1.15. The van der Waals surface area contributed by atoms with Crippen LogP contribution in [0.1, 0.15) is 5.56 Å². The lowest BCUT2D eigenvalue weighted by molar-refractivity contribution is 1.54. The molecule has 0 heteroatoms. The maximum absolute atomic E-state index is 4.05. The zero-order chi connectivity index (χ0) is 17.8. The van der Waals surface area contributed by atoms with E-state index in [9.17, 15) is 0 Å². The van der Waals surface area contributed by atoms with Crippen LogP contribution in [0.25, 0.3) is 39.5 Å². The standard InChI is InChI=1S/C26H20/c1-2-20-18-19-24(21-12-6-3-7-13-21)26(23-16-10-5-11-17-23)25(20)22-14-8-4-9-15-22/h2-19H,1H2. The first-order valence-corrected chi connectivity index (χ1v) is 8.84. The third kappa shape index (κ3) is 2.98. The van der Waals surface area contributed by atoms with Gasteiger partial charge in [-0.15, -0.1) is 0 Å². The van der Waals surface area contributed by atoms with Crippen LogP contribution in [0.15, 0.2) is 110 Å². The highest BCUT2D eigenvalue weighted by Gasteiger charge is 2.16. The molecule has 0 saturated carbocycles. The zero-order valence-electron chi connectivity index (χ0n) is 14.6. The molecule has 0 heterocycles. The first kappa shape index (κ1) is 16.1. The van der Waals surface area contributed by atoms with Crippen molar-refractivity contribution in [2.45, 2.75) is 0 Å². The summed E-state index contributed by atoms with van der Waals surface area (Å²) in [5, 5.41) is 0. The van der Waals surface area contributed by atoms with Crippen molar-refractivity contribution in [3.63, 3.8) is 0 Å². The Kier molecular flexibility index (Phi) is 4.49. The highest BCUT2D eigenvalue weighted by Crippen LogP contribution is 2.42. The largest absolute Gasteiger partial charge is 0.0984 e. The first-order valence-electron chi connectivity index (χ1n) is 8.84. The van der Waals surface area contributed by atoms with Gasteiger partial charge in [0.15, 0.2) is 0 Å². The Bertz CT molecular complexity index is 1010. The van der Waals surface area contributed by atoms with E-state index in [0.717, 1.165) is 5.56 Å². The van der Waals surface area contributed by atoms with E-state index in [1.807, 2.05) is 6.08 Å². The maximum atomic E-state index is 4.05. The summed E-state index contributed by atoms with van der Waals surface area (Å²) in [6.07, 6.45) is 1.95. The second kappa shape index (κ2) is 7.25. The highest BCUT2D eigenvalue weighted by atomic mass is 14.2. The summed E-state index contributed by atoms with van der Waals surface area (Å²) in [6, 6.07) is 36.2. The van der Waals surface area contributed by atoms with Gasteiger partial charge in [0.25, 0.3) is 0 Å². The fourth-order valence-electron chi connectivity index (χ4n) is 3.47. The van der Waals surface area contributed by atoms with Gasteiger partial charge in [-0.3, -0.25) is 0 Å². The SMILES string of the molecule is C=Cc1ccc(-c2ccccc2)c(-c2ccccc2)c1-c1ccccc1. The average molecular weight is 332 g/mol. The Balaban J connectivity index is 2.11. The van der Waals surface area contributed by atoms with E-state index in [1.165, 1.54) is 33.4 Å². The molecule has 0 aromatic heterocycles. The van der Waals surface area contributed by atoms with Crippen molar-refractivity contribution in [1.82, 2.24) is 0 Å². The molecule has 124 valence electrons. The van der Waals surface area contributed by atoms with Gasteiger partial charge in [-0.05, 0) is 38.9 Å². The van der Waals surface area contributed by atoms with Crippen molar-refractivity contribution in [3.8, 4) is 33.4 Å². The molecule has 0 nitrogen and oxygen atoms in total. The zero-order valence-corrected chi connectivity index (χ0v) is 14.6. The van der Waals surface area contributed by atoms with E-state index in [2.05, 4.69) is 110 Å². The van der Waals surface area contributed by atoms with Gasteiger partial charge in [-0.1, -0.05) is 116 Å². The lowest BCUT2D eigenvalue weighted by atomic mass is 9.85. The summed E-state index contributed by atoms with van der Waals surface area (Å²) in [4.78, 5) is 0. The number of hydrogen-bond acceptors (Lipinski definition) is 0. The van der Waals surface area contributed by atoms with Gasteiger partial charge in [-0.2, -0.15) is 0 Å². The van der Waals surface area contributed by atoms with Crippen molar-refractivity contribution in [3.05, 3.63) is 115 Å². The van der Waals surface area contributed by atoms with Crippen LogP contribution in [0.2, 0.25) is 0 Å². The van der Waals surface area contributed by atoms with Gasteiger partial charge in [0.1, 0.15) is 0 Å². The molecule has 0 aliphatic heterocycles. The lowest BCUT2D eigenvalue weighted by Crippen LogP contribution is -1.93. The minimum atomic E-state index is 1.15. The minimum Gasteiger partial charge on any atom is -0.0984 e. The van der Waals surface area contributed by atoms with Crippen LogP contribution in [0.4, 0.5) is 0 Å². The Morgan fingerprint density at radius 1 is 0.462 bits per heavy atom. The second-order valence-electron chi connectivity index (χ2n) is 6.25. The number of benzene rings is 4. The Morgan fingerprint density at radius 2 is 0.923 bits per heavy atom. The molecule has 0 saturated heterocycles. The molecule has 26 heavy (non-hydrogen) atoms. The van der Waals surface area contributed by atoms with Crippen LogP contribution < -0.4 is 0 Å². The maximum Gasteiger partial charge on any atom is -0.00208 e. The first-order chi connectivity index (χ1) is 12.9. The summed E-state index contributed by atoms with van der Waals surface area (Å²) in [5.74, 6) is 0. The molecule has 4 aromatic rings. The third-order valence-electron chi connectivity index (χ3n) is 4.67. The third-order valence-corrected chi connectivity index (χ3v) is 4.67. The van der Waals surface area contributed by atoms with Crippen molar-refractivity contribution in [1.29, 1.82) is 0 Å². The van der Waals surface area contributed by atoms with Gasteiger partial charge < -0.3 is 0 Å². The van der Waals surface area contributed by atoms with Gasteiger partial charge in [0.2, 0.25) is 0 Å². The molecule has 0 N–H and O–H groups in total. The molecular formula is C26H20. The van der Waals surface area contributed by atoms with E-state index >= 15 is 0 Å². The predicted octanol–water partition coefficient (Wildman–Crippen LogP) is 7.33. The van der Waals surface area contributed by atoms with Crippen molar-refractivity contribution < 1.29 is 0 Å².